The Labute approximate surface area is 138 Å². The highest BCUT2D eigenvalue weighted by atomic mass is 16.5. The van der Waals surface area contributed by atoms with Crippen LogP contribution in [0.3, 0.4) is 0 Å². The predicted octanol–water partition coefficient (Wildman–Crippen LogP) is 3.66. The summed E-state index contributed by atoms with van der Waals surface area (Å²) >= 11 is 0. The van der Waals surface area contributed by atoms with Crippen LogP contribution in [0.25, 0.3) is 0 Å². The van der Waals surface area contributed by atoms with Gasteiger partial charge in [-0.1, -0.05) is 43.2 Å². The van der Waals surface area contributed by atoms with Gasteiger partial charge in [-0.05, 0) is 25.3 Å². The fraction of sp³-hybridized carbons (Fsp3) is 0.474. The topological polar surface area (TPSA) is 47.0 Å². The molecule has 3 atom stereocenters. The average Bonchev–Trinajstić information content (AvgIpc) is 2.62. The van der Waals surface area contributed by atoms with Gasteiger partial charge in [-0.3, -0.25) is 9.97 Å². The van der Waals surface area contributed by atoms with Gasteiger partial charge in [0.25, 0.3) is 0 Å². The molecule has 0 saturated heterocycles. The highest BCUT2D eigenvalue weighted by molar-refractivity contribution is 5.13. The van der Waals surface area contributed by atoms with Crippen LogP contribution in [0.5, 0.6) is 0 Å². The third kappa shape index (κ3) is 4.60. The summed E-state index contributed by atoms with van der Waals surface area (Å²) in [6.45, 7) is 2.83. The molecule has 2 aromatic rings. The van der Waals surface area contributed by atoms with Crippen molar-refractivity contribution in [3.05, 3.63) is 60.2 Å². The predicted molar refractivity (Wildman–Crippen MR) is 90.9 cm³/mol. The molecule has 1 aliphatic rings. The lowest BCUT2D eigenvalue weighted by Crippen LogP contribution is -2.44. The van der Waals surface area contributed by atoms with E-state index in [9.17, 15) is 0 Å². The van der Waals surface area contributed by atoms with Crippen LogP contribution in [-0.4, -0.2) is 22.1 Å². The maximum absolute atomic E-state index is 6.22. The normalized spacial score (nSPS) is 22.7. The van der Waals surface area contributed by atoms with Gasteiger partial charge in [-0.15, -0.1) is 0 Å². The second-order valence-electron chi connectivity index (χ2n) is 6.24. The number of benzene rings is 1. The van der Waals surface area contributed by atoms with Crippen molar-refractivity contribution in [2.75, 3.05) is 0 Å². The molecular weight excluding hydrogens is 286 g/mol. The van der Waals surface area contributed by atoms with Crippen molar-refractivity contribution in [1.82, 2.24) is 15.3 Å². The monoisotopic (exact) mass is 311 g/mol. The van der Waals surface area contributed by atoms with Crippen molar-refractivity contribution in [3.63, 3.8) is 0 Å². The molecule has 1 aliphatic carbocycles. The lowest BCUT2D eigenvalue weighted by Gasteiger charge is -2.34. The van der Waals surface area contributed by atoms with E-state index >= 15 is 0 Å². The minimum absolute atomic E-state index is 0.189. The Morgan fingerprint density at radius 3 is 2.78 bits per heavy atom. The van der Waals surface area contributed by atoms with E-state index in [1.165, 1.54) is 18.4 Å². The van der Waals surface area contributed by atoms with Crippen LogP contribution >= 0.6 is 0 Å². The Kier molecular flexibility index (Phi) is 5.72. The quantitative estimate of drug-likeness (QED) is 0.884. The van der Waals surface area contributed by atoms with Crippen molar-refractivity contribution < 1.29 is 4.74 Å². The molecule has 4 nitrogen and oxygen atoms in total. The Morgan fingerprint density at radius 2 is 2.00 bits per heavy atom. The van der Waals surface area contributed by atoms with Crippen LogP contribution in [0.4, 0.5) is 0 Å². The molecule has 1 fully saturated rings. The van der Waals surface area contributed by atoms with E-state index in [1.54, 1.807) is 12.4 Å². The maximum atomic E-state index is 6.22. The zero-order valence-corrected chi connectivity index (χ0v) is 13.7. The largest absolute Gasteiger partial charge is 0.372 e. The summed E-state index contributed by atoms with van der Waals surface area (Å²) in [7, 11) is 0. The summed E-state index contributed by atoms with van der Waals surface area (Å²) in [5, 5.41) is 3.69. The van der Waals surface area contributed by atoms with Gasteiger partial charge >= 0.3 is 0 Å². The van der Waals surface area contributed by atoms with E-state index in [-0.39, 0.29) is 12.1 Å². The fourth-order valence-electron chi connectivity index (χ4n) is 3.21. The van der Waals surface area contributed by atoms with Crippen molar-refractivity contribution in [1.29, 1.82) is 0 Å². The first-order valence-corrected chi connectivity index (χ1v) is 8.50. The smallest absolute Gasteiger partial charge is 0.0753 e. The van der Waals surface area contributed by atoms with Gasteiger partial charge < -0.3 is 10.1 Å². The number of hydrogen-bond acceptors (Lipinski definition) is 4. The van der Waals surface area contributed by atoms with Gasteiger partial charge in [-0.2, -0.15) is 0 Å². The van der Waals surface area contributed by atoms with Crippen molar-refractivity contribution in [2.24, 2.45) is 0 Å². The van der Waals surface area contributed by atoms with Crippen LogP contribution < -0.4 is 5.32 Å². The molecule has 1 aromatic carbocycles. The number of nitrogens with one attached hydrogen (secondary N) is 1. The first-order valence-electron chi connectivity index (χ1n) is 8.50. The molecule has 1 N–H and O–H groups in total. The van der Waals surface area contributed by atoms with Crippen LogP contribution in [-0.2, 0) is 11.3 Å². The fourth-order valence-corrected chi connectivity index (χ4v) is 3.21. The van der Waals surface area contributed by atoms with E-state index in [4.69, 9.17) is 4.74 Å². The molecule has 0 amide bonds. The molecule has 4 heteroatoms. The highest BCUT2D eigenvalue weighted by Crippen LogP contribution is 2.24. The third-order valence-electron chi connectivity index (χ3n) is 4.50. The lowest BCUT2D eigenvalue weighted by molar-refractivity contribution is -0.00809. The van der Waals surface area contributed by atoms with Gasteiger partial charge in [-0.25, -0.2) is 0 Å². The first-order chi connectivity index (χ1) is 11.3. The minimum Gasteiger partial charge on any atom is -0.372 e. The number of aromatic nitrogens is 2. The van der Waals surface area contributed by atoms with Crippen LogP contribution in [0.1, 0.15) is 49.9 Å². The molecule has 122 valence electrons. The third-order valence-corrected chi connectivity index (χ3v) is 4.50. The van der Waals surface area contributed by atoms with Crippen LogP contribution in [0, 0.1) is 0 Å². The molecule has 0 bridgehead atoms. The molecule has 1 aromatic heterocycles. The van der Waals surface area contributed by atoms with Crippen molar-refractivity contribution in [3.8, 4) is 0 Å². The van der Waals surface area contributed by atoms with Crippen molar-refractivity contribution >= 4 is 0 Å². The molecule has 0 unspecified atom stereocenters. The van der Waals surface area contributed by atoms with E-state index in [2.05, 4.69) is 46.5 Å². The lowest BCUT2D eigenvalue weighted by atomic mass is 9.91. The summed E-state index contributed by atoms with van der Waals surface area (Å²) in [6.07, 6.45) is 10.3. The summed E-state index contributed by atoms with van der Waals surface area (Å²) in [4.78, 5) is 8.56. The Hall–Kier alpha value is -1.78. The molecule has 1 heterocycles. The van der Waals surface area contributed by atoms with Gasteiger partial charge in [0.15, 0.2) is 0 Å². The van der Waals surface area contributed by atoms with E-state index in [0.29, 0.717) is 12.6 Å². The van der Waals surface area contributed by atoms with Gasteiger partial charge in [0.2, 0.25) is 0 Å². The standard InChI is InChI=1S/C19H25N3O/c1-15(18-13-20-11-12-21-18)22-17-9-5-6-10-19(17)23-14-16-7-3-2-4-8-16/h2-4,7-8,11-13,15,17,19,22H,5-6,9-10,14H2,1H3/t15-,17+,19+/m0/s1. The second-order valence-corrected chi connectivity index (χ2v) is 6.24. The van der Waals surface area contributed by atoms with Crippen LogP contribution in [0.2, 0.25) is 0 Å². The number of nitrogens with zero attached hydrogens (tertiary/aromatic N) is 2. The zero-order chi connectivity index (χ0) is 15.9. The number of ether oxygens (including phenoxy) is 1. The van der Waals surface area contributed by atoms with E-state index in [1.807, 2.05) is 12.3 Å². The summed E-state index contributed by atoms with van der Waals surface area (Å²) in [5.41, 5.74) is 2.22. The molecule has 23 heavy (non-hydrogen) atoms. The van der Waals surface area contributed by atoms with Gasteiger partial charge in [0.1, 0.15) is 0 Å². The maximum Gasteiger partial charge on any atom is 0.0753 e. The number of rotatable bonds is 6. The Balaban J connectivity index is 1.58. The molecular formula is C19H25N3O. The van der Waals surface area contributed by atoms with E-state index in [0.717, 1.165) is 18.5 Å². The van der Waals surface area contributed by atoms with Gasteiger partial charge in [0, 0.05) is 30.7 Å². The summed E-state index contributed by atoms with van der Waals surface area (Å²) in [6, 6.07) is 11.0. The minimum atomic E-state index is 0.189. The first kappa shape index (κ1) is 16.1. The Morgan fingerprint density at radius 1 is 1.17 bits per heavy atom. The molecule has 1 saturated carbocycles. The average molecular weight is 311 g/mol. The highest BCUT2D eigenvalue weighted by Gasteiger charge is 2.27. The molecule has 0 radical (unpaired) electrons. The van der Waals surface area contributed by atoms with E-state index < -0.39 is 0 Å². The van der Waals surface area contributed by atoms with Crippen LogP contribution in [0.15, 0.2) is 48.9 Å². The molecule has 0 aliphatic heterocycles. The summed E-state index contributed by atoms with van der Waals surface area (Å²) < 4.78 is 6.22. The number of hydrogen-bond donors (Lipinski definition) is 1. The SMILES string of the molecule is C[C@H](N[C@@H]1CCCC[C@H]1OCc1ccccc1)c1cnccn1. The van der Waals surface area contributed by atoms with Crippen molar-refractivity contribution in [2.45, 2.75) is 57.4 Å². The second kappa shape index (κ2) is 8.18. The zero-order valence-electron chi connectivity index (χ0n) is 13.7. The molecule has 3 rings (SSSR count). The van der Waals surface area contributed by atoms with Gasteiger partial charge in [0.05, 0.1) is 18.4 Å². The Bertz CT molecular complexity index is 576. The molecule has 0 spiro atoms. The summed E-state index contributed by atoms with van der Waals surface area (Å²) in [5.74, 6) is 0.